The van der Waals surface area contributed by atoms with Crippen LogP contribution in [-0.2, 0) is 9.59 Å². The van der Waals surface area contributed by atoms with E-state index in [9.17, 15) is 9.59 Å². The average Bonchev–Trinajstić information content (AvgIpc) is 2.50. The normalized spacial score (nSPS) is 25.0. The van der Waals surface area contributed by atoms with Gasteiger partial charge in [-0.2, -0.15) is 5.26 Å². The van der Waals surface area contributed by atoms with E-state index < -0.39 is 11.4 Å². The van der Waals surface area contributed by atoms with Crippen LogP contribution in [0.1, 0.15) is 26.2 Å². The first-order chi connectivity index (χ1) is 9.99. The first kappa shape index (κ1) is 15.0. The Morgan fingerprint density at radius 2 is 1.95 bits per heavy atom. The number of carbonyl (C=O) groups excluding carboxylic acids is 2. The van der Waals surface area contributed by atoms with Gasteiger partial charge in [0, 0.05) is 12.3 Å². The number of methoxy groups -OCH3 is 1. The highest BCUT2D eigenvalue weighted by Gasteiger charge is 2.47. The van der Waals surface area contributed by atoms with Crippen LogP contribution in [0.15, 0.2) is 24.3 Å². The molecule has 1 aromatic carbocycles. The molecule has 0 N–H and O–H groups in total. The molecule has 1 aliphatic rings. The van der Waals surface area contributed by atoms with Crippen molar-refractivity contribution in [2.75, 3.05) is 7.11 Å². The van der Waals surface area contributed by atoms with Crippen LogP contribution in [0.25, 0.3) is 0 Å². The second-order valence-electron chi connectivity index (χ2n) is 5.39. The third-order valence-corrected chi connectivity index (χ3v) is 3.89. The number of hydrogen-bond donors (Lipinski definition) is 0. The molecule has 0 aromatic heterocycles. The summed E-state index contributed by atoms with van der Waals surface area (Å²) < 4.78 is 10.3. The number of Topliss-reactive ketones (excluding diaryl/α,β-unsaturated/α-hetero) is 1. The Hall–Kier alpha value is -2.35. The van der Waals surface area contributed by atoms with Crippen molar-refractivity contribution in [3.05, 3.63) is 24.3 Å². The number of nitriles is 1. The molecule has 21 heavy (non-hydrogen) atoms. The molecule has 0 saturated heterocycles. The fraction of sp³-hybridized carbons (Fsp3) is 0.438. The number of hydrogen-bond acceptors (Lipinski definition) is 5. The molecule has 0 aliphatic heterocycles. The number of esters is 1. The number of nitrogens with zero attached hydrogens (tertiary/aromatic N) is 1. The molecule has 5 nitrogen and oxygen atoms in total. The third-order valence-electron chi connectivity index (χ3n) is 3.89. The molecule has 1 aliphatic carbocycles. The van der Waals surface area contributed by atoms with Gasteiger partial charge in [-0.3, -0.25) is 9.59 Å². The van der Waals surface area contributed by atoms with E-state index in [2.05, 4.69) is 6.07 Å². The molecule has 2 atom stereocenters. The van der Waals surface area contributed by atoms with Gasteiger partial charge in [-0.15, -0.1) is 0 Å². The van der Waals surface area contributed by atoms with Gasteiger partial charge in [-0.25, -0.2) is 0 Å². The monoisotopic (exact) mass is 287 g/mol. The standard InChI is InChI=1S/C16H17NO4/c1-16(9-11(10-17)3-8-14(16)18)15(19)21-13-6-4-12(20-2)5-7-13/h4-7,11H,3,8-9H2,1-2H3. The summed E-state index contributed by atoms with van der Waals surface area (Å²) in [6, 6.07) is 8.69. The van der Waals surface area contributed by atoms with E-state index in [0.29, 0.717) is 17.9 Å². The van der Waals surface area contributed by atoms with Gasteiger partial charge in [0.2, 0.25) is 0 Å². The maximum Gasteiger partial charge on any atom is 0.324 e. The zero-order valence-corrected chi connectivity index (χ0v) is 12.1. The van der Waals surface area contributed by atoms with E-state index in [1.165, 1.54) is 0 Å². The lowest BCUT2D eigenvalue weighted by atomic mass is 9.70. The molecule has 0 heterocycles. The Bertz CT molecular complexity index is 587. The maximum atomic E-state index is 12.3. The highest BCUT2D eigenvalue weighted by Crippen LogP contribution is 2.37. The van der Waals surface area contributed by atoms with Gasteiger partial charge < -0.3 is 9.47 Å². The molecule has 2 unspecified atom stereocenters. The summed E-state index contributed by atoms with van der Waals surface area (Å²) >= 11 is 0. The minimum atomic E-state index is -1.24. The van der Waals surface area contributed by atoms with Crippen molar-refractivity contribution < 1.29 is 19.1 Å². The fourth-order valence-corrected chi connectivity index (χ4v) is 2.46. The molecule has 1 saturated carbocycles. The number of ether oxygens (including phenoxy) is 2. The first-order valence-electron chi connectivity index (χ1n) is 6.79. The van der Waals surface area contributed by atoms with Crippen LogP contribution in [0, 0.1) is 22.7 Å². The fourth-order valence-electron chi connectivity index (χ4n) is 2.46. The smallest absolute Gasteiger partial charge is 0.324 e. The van der Waals surface area contributed by atoms with E-state index in [-0.39, 0.29) is 24.5 Å². The highest BCUT2D eigenvalue weighted by atomic mass is 16.5. The van der Waals surface area contributed by atoms with Crippen LogP contribution in [0.5, 0.6) is 11.5 Å². The summed E-state index contributed by atoms with van der Waals surface area (Å²) in [4.78, 5) is 24.4. The zero-order chi connectivity index (χ0) is 15.5. The Morgan fingerprint density at radius 1 is 1.33 bits per heavy atom. The van der Waals surface area contributed by atoms with E-state index >= 15 is 0 Å². The molecule has 0 amide bonds. The summed E-state index contributed by atoms with van der Waals surface area (Å²) in [5.74, 6) is -0.0329. The summed E-state index contributed by atoms with van der Waals surface area (Å²) in [5, 5.41) is 9.01. The second-order valence-corrected chi connectivity index (χ2v) is 5.39. The molecule has 2 rings (SSSR count). The van der Waals surface area contributed by atoms with E-state index in [1.54, 1.807) is 38.3 Å². The Kier molecular flexibility index (Phi) is 4.27. The van der Waals surface area contributed by atoms with E-state index in [1.807, 2.05) is 0 Å². The molecule has 0 bridgehead atoms. The van der Waals surface area contributed by atoms with Crippen molar-refractivity contribution in [1.82, 2.24) is 0 Å². The predicted octanol–water partition coefficient (Wildman–Crippen LogP) is 2.50. The molecule has 110 valence electrons. The van der Waals surface area contributed by atoms with Crippen molar-refractivity contribution in [2.24, 2.45) is 11.3 Å². The van der Waals surface area contributed by atoms with Crippen LogP contribution in [0.3, 0.4) is 0 Å². The zero-order valence-electron chi connectivity index (χ0n) is 12.1. The number of rotatable bonds is 3. The molecule has 5 heteroatoms. The summed E-state index contributed by atoms with van der Waals surface area (Å²) in [7, 11) is 1.55. The highest BCUT2D eigenvalue weighted by molar-refractivity contribution is 6.04. The lowest BCUT2D eigenvalue weighted by Gasteiger charge is -2.31. The molecule has 1 aromatic rings. The number of ketones is 1. The SMILES string of the molecule is COc1ccc(OC(=O)C2(C)CC(C#N)CCC2=O)cc1. The summed E-state index contributed by atoms with van der Waals surface area (Å²) in [6.45, 7) is 1.56. The number of carbonyl (C=O) groups is 2. The van der Waals surface area contributed by atoms with Crippen molar-refractivity contribution in [2.45, 2.75) is 26.2 Å². The first-order valence-corrected chi connectivity index (χ1v) is 6.79. The van der Waals surface area contributed by atoms with Gasteiger partial charge in [0.25, 0.3) is 0 Å². The van der Waals surface area contributed by atoms with Crippen LogP contribution in [0.2, 0.25) is 0 Å². The summed E-state index contributed by atoms with van der Waals surface area (Å²) in [6.07, 6.45) is 0.977. The lowest BCUT2D eigenvalue weighted by Crippen LogP contribution is -2.43. The van der Waals surface area contributed by atoms with E-state index in [0.717, 1.165) is 0 Å². The van der Waals surface area contributed by atoms with Gasteiger partial charge in [-0.1, -0.05) is 0 Å². The molecular weight excluding hydrogens is 270 g/mol. The molecular formula is C16H17NO4. The van der Waals surface area contributed by atoms with Gasteiger partial charge >= 0.3 is 5.97 Å². The van der Waals surface area contributed by atoms with Crippen LogP contribution < -0.4 is 9.47 Å². The van der Waals surface area contributed by atoms with Crippen LogP contribution in [-0.4, -0.2) is 18.9 Å². The average molecular weight is 287 g/mol. The van der Waals surface area contributed by atoms with Gasteiger partial charge in [0.15, 0.2) is 0 Å². The van der Waals surface area contributed by atoms with Crippen LogP contribution in [0.4, 0.5) is 0 Å². The van der Waals surface area contributed by atoms with Gasteiger partial charge in [-0.05, 0) is 44.0 Å². The lowest BCUT2D eigenvalue weighted by molar-refractivity contribution is -0.154. The Balaban J connectivity index is 2.13. The Labute approximate surface area is 123 Å². The predicted molar refractivity (Wildman–Crippen MR) is 74.7 cm³/mol. The van der Waals surface area contributed by atoms with Gasteiger partial charge in [0.05, 0.1) is 13.2 Å². The molecule has 0 spiro atoms. The minimum Gasteiger partial charge on any atom is -0.497 e. The molecule has 1 fully saturated rings. The van der Waals surface area contributed by atoms with E-state index in [4.69, 9.17) is 14.7 Å². The Morgan fingerprint density at radius 3 is 2.52 bits per heavy atom. The van der Waals surface area contributed by atoms with Crippen molar-refractivity contribution in [3.8, 4) is 17.6 Å². The van der Waals surface area contributed by atoms with Crippen molar-refractivity contribution >= 4 is 11.8 Å². The minimum absolute atomic E-state index is 0.160. The van der Waals surface area contributed by atoms with Gasteiger partial charge in [0.1, 0.15) is 22.7 Å². The van der Waals surface area contributed by atoms with Crippen LogP contribution >= 0.6 is 0 Å². The molecule has 0 radical (unpaired) electrons. The quantitative estimate of drug-likeness (QED) is 0.485. The maximum absolute atomic E-state index is 12.3. The summed E-state index contributed by atoms with van der Waals surface area (Å²) in [5.41, 5.74) is -1.24. The van der Waals surface area contributed by atoms with Crippen molar-refractivity contribution in [3.63, 3.8) is 0 Å². The second kappa shape index (κ2) is 5.96. The number of benzene rings is 1. The topological polar surface area (TPSA) is 76.4 Å². The largest absolute Gasteiger partial charge is 0.497 e. The third kappa shape index (κ3) is 3.05. The van der Waals surface area contributed by atoms with Crippen molar-refractivity contribution in [1.29, 1.82) is 5.26 Å².